The number of unbranched alkanes of at least 4 members (excludes halogenated alkanes) is 3. The molecule has 0 aromatic heterocycles. The highest BCUT2D eigenvalue weighted by Gasteiger charge is 2.09. The zero-order valence-corrected chi connectivity index (χ0v) is 11.5. The predicted octanol–water partition coefficient (Wildman–Crippen LogP) is 2.00. The second-order valence-corrected chi connectivity index (χ2v) is 5.24. The molecule has 1 aliphatic rings. The zero-order chi connectivity index (χ0) is 12.3. The Kier molecular flexibility index (Phi) is 8.67. The van der Waals surface area contributed by atoms with Crippen LogP contribution in [0.5, 0.6) is 0 Å². The summed E-state index contributed by atoms with van der Waals surface area (Å²) < 4.78 is 0. The highest BCUT2D eigenvalue weighted by Crippen LogP contribution is 2.10. The van der Waals surface area contributed by atoms with E-state index in [4.69, 9.17) is 0 Å². The molecule has 0 unspecified atom stereocenters. The van der Waals surface area contributed by atoms with Gasteiger partial charge in [0.15, 0.2) is 0 Å². The van der Waals surface area contributed by atoms with Gasteiger partial charge in [0.2, 0.25) is 0 Å². The summed E-state index contributed by atoms with van der Waals surface area (Å²) in [5.74, 6) is 0. The lowest BCUT2D eigenvalue weighted by Gasteiger charge is -2.27. The number of nitrogens with one attached hydrogen (secondary N) is 1. The van der Waals surface area contributed by atoms with Crippen LogP contribution in [-0.2, 0) is 0 Å². The van der Waals surface area contributed by atoms with Crippen LogP contribution in [0.25, 0.3) is 0 Å². The van der Waals surface area contributed by atoms with Gasteiger partial charge >= 0.3 is 0 Å². The van der Waals surface area contributed by atoms with Crippen LogP contribution in [0.1, 0.15) is 51.9 Å². The number of nitrogens with zero attached hydrogens (tertiary/aromatic N) is 1. The van der Waals surface area contributed by atoms with Crippen molar-refractivity contribution in [1.82, 2.24) is 10.2 Å². The maximum atomic E-state index is 9.79. The van der Waals surface area contributed by atoms with E-state index in [1.165, 1.54) is 51.7 Å². The summed E-state index contributed by atoms with van der Waals surface area (Å²) in [6.07, 6.45) is 8.06. The third-order valence-electron chi connectivity index (χ3n) is 3.61. The maximum Gasteiger partial charge on any atom is 0.0540 e. The minimum Gasteiger partial charge on any atom is -0.393 e. The first kappa shape index (κ1) is 14.9. The van der Waals surface area contributed by atoms with Gasteiger partial charge in [0.1, 0.15) is 0 Å². The van der Waals surface area contributed by atoms with E-state index < -0.39 is 0 Å². The van der Waals surface area contributed by atoms with E-state index in [1.807, 2.05) is 0 Å². The second-order valence-electron chi connectivity index (χ2n) is 5.24. The topological polar surface area (TPSA) is 35.5 Å². The third kappa shape index (κ3) is 7.74. The van der Waals surface area contributed by atoms with Crippen LogP contribution in [0.3, 0.4) is 0 Å². The molecule has 0 amide bonds. The molecule has 0 saturated carbocycles. The van der Waals surface area contributed by atoms with Gasteiger partial charge in [0, 0.05) is 26.2 Å². The summed E-state index contributed by atoms with van der Waals surface area (Å²) in [7, 11) is 0. The van der Waals surface area contributed by atoms with Gasteiger partial charge in [-0.3, -0.25) is 0 Å². The molecule has 1 fully saturated rings. The Labute approximate surface area is 107 Å². The molecule has 1 heterocycles. The first-order valence-electron chi connectivity index (χ1n) is 7.44. The number of piperazine rings is 1. The number of hydrogen-bond acceptors (Lipinski definition) is 3. The van der Waals surface area contributed by atoms with E-state index in [0.29, 0.717) is 0 Å². The van der Waals surface area contributed by atoms with Gasteiger partial charge in [-0.15, -0.1) is 0 Å². The fourth-order valence-electron chi connectivity index (χ4n) is 2.42. The summed E-state index contributed by atoms with van der Waals surface area (Å²) in [6.45, 7) is 8.08. The highest BCUT2D eigenvalue weighted by atomic mass is 16.3. The van der Waals surface area contributed by atoms with E-state index in [2.05, 4.69) is 17.1 Å². The lowest BCUT2D eigenvalue weighted by atomic mass is 10.1. The molecule has 1 aliphatic heterocycles. The smallest absolute Gasteiger partial charge is 0.0540 e. The van der Waals surface area contributed by atoms with Gasteiger partial charge in [-0.2, -0.15) is 0 Å². The molecule has 0 aromatic rings. The van der Waals surface area contributed by atoms with Crippen LogP contribution in [0.15, 0.2) is 0 Å². The summed E-state index contributed by atoms with van der Waals surface area (Å²) >= 11 is 0. The molecule has 0 aliphatic carbocycles. The van der Waals surface area contributed by atoms with Crippen molar-refractivity contribution in [2.45, 2.75) is 58.0 Å². The van der Waals surface area contributed by atoms with Gasteiger partial charge in [0.25, 0.3) is 0 Å². The second kappa shape index (κ2) is 9.86. The van der Waals surface area contributed by atoms with Gasteiger partial charge in [-0.1, -0.05) is 26.2 Å². The van der Waals surface area contributed by atoms with E-state index in [0.717, 1.165) is 25.9 Å². The number of rotatable bonds is 9. The van der Waals surface area contributed by atoms with Gasteiger partial charge in [-0.05, 0) is 32.2 Å². The van der Waals surface area contributed by atoms with Gasteiger partial charge in [-0.25, -0.2) is 0 Å². The predicted molar refractivity (Wildman–Crippen MR) is 73.3 cm³/mol. The third-order valence-corrected chi connectivity index (χ3v) is 3.61. The lowest BCUT2D eigenvalue weighted by molar-refractivity contribution is 0.144. The maximum absolute atomic E-state index is 9.79. The summed E-state index contributed by atoms with van der Waals surface area (Å²) in [4.78, 5) is 2.53. The Bertz CT molecular complexity index is 170. The van der Waals surface area contributed by atoms with Gasteiger partial charge in [0.05, 0.1) is 6.10 Å². The molecule has 1 saturated heterocycles. The molecule has 1 atom stereocenters. The Morgan fingerprint density at radius 1 is 1.06 bits per heavy atom. The zero-order valence-electron chi connectivity index (χ0n) is 11.5. The normalized spacial score (nSPS) is 19.4. The Morgan fingerprint density at radius 3 is 2.35 bits per heavy atom. The summed E-state index contributed by atoms with van der Waals surface area (Å²) in [5, 5.41) is 13.2. The molecule has 0 spiro atoms. The van der Waals surface area contributed by atoms with Crippen LogP contribution in [0.4, 0.5) is 0 Å². The average Bonchev–Trinajstić information content (AvgIpc) is 2.36. The SMILES string of the molecule is CCCCC[C@H](O)CCCCN1CCNCC1. The van der Waals surface area contributed by atoms with E-state index in [1.54, 1.807) is 0 Å². The molecule has 17 heavy (non-hydrogen) atoms. The molecular weight excluding hydrogens is 212 g/mol. The van der Waals surface area contributed by atoms with Crippen molar-refractivity contribution in [1.29, 1.82) is 0 Å². The van der Waals surface area contributed by atoms with Crippen LogP contribution in [0.2, 0.25) is 0 Å². The van der Waals surface area contributed by atoms with Crippen molar-refractivity contribution in [3.05, 3.63) is 0 Å². The van der Waals surface area contributed by atoms with E-state index in [9.17, 15) is 5.11 Å². The molecule has 0 aromatic carbocycles. The molecule has 1 rings (SSSR count). The largest absolute Gasteiger partial charge is 0.393 e. The first-order chi connectivity index (χ1) is 8.33. The molecule has 3 nitrogen and oxygen atoms in total. The Morgan fingerprint density at radius 2 is 1.71 bits per heavy atom. The standard InChI is InChI=1S/C14H30N2O/c1-2-3-4-7-14(17)8-5-6-11-16-12-9-15-10-13-16/h14-15,17H,2-13H2,1H3/t14-/m0/s1. The molecule has 0 radical (unpaired) electrons. The number of aliphatic hydroxyl groups excluding tert-OH is 1. The van der Waals surface area contributed by atoms with Crippen LogP contribution in [-0.4, -0.2) is 48.8 Å². The number of aliphatic hydroxyl groups is 1. The minimum absolute atomic E-state index is 0.0513. The van der Waals surface area contributed by atoms with E-state index >= 15 is 0 Å². The Hall–Kier alpha value is -0.120. The van der Waals surface area contributed by atoms with Crippen LogP contribution >= 0.6 is 0 Å². The fourth-order valence-corrected chi connectivity index (χ4v) is 2.42. The average molecular weight is 242 g/mol. The quantitative estimate of drug-likeness (QED) is 0.607. The molecule has 3 heteroatoms. The van der Waals surface area contributed by atoms with Crippen molar-refractivity contribution < 1.29 is 5.11 Å². The first-order valence-corrected chi connectivity index (χ1v) is 7.44. The van der Waals surface area contributed by atoms with Crippen molar-refractivity contribution in [3.63, 3.8) is 0 Å². The summed E-state index contributed by atoms with van der Waals surface area (Å²) in [5.41, 5.74) is 0. The monoisotopic (exact) mass is 242 g/mol. The van der Waals surface area contributed by atoms with Crippen molar-refractivity contribution in [2.75, 3.05) is 32.7 Å². The molecule has 0 bridgehead atoms. The van der Waals surface area contributed by atoms with Gasteiger partial charge < -0.3 is 15.3 Å². The highest BCUT2D eigenvalue weighted by molar-refractivity contribution is 4.67. The summed E-state index contributed by atoms with van der Waals surface area (Å²) in [6, 6.07) is 0. The van der Waals surface area contributed by atoms with Crippen molar-refractivity contribution >= 4 is 0 Å². The number of hydrogen-bond donors (Lipinski definition) is 2. The van der Waals surface area contributed by atoms with Crippen LogP contribution in [0, 0.1) is 0 Å². The minimum atomic E-state index is -0.0513. The van der Waals surface area contributed by atoms with Crippen molar-refractivity contribution in [2.24, 2.45) is 0 Å². The molecule has 102 valence electrons. The lowest BCUT2D eigenvalue weighted by Crippen LogP contribution is -2.43. The van der Waals surface area contributed by atoms with E-state index in [-0.39, 0.29) is 6.10 Å². The molecule has 2 N–H and O–H groups in total. The Balaban J connectivity index is 1.88. The fraction of sp³-hybridized carbons (Fsp3) is 1.00. The van der Waals surface area contributed by atoms with Crippen molar-refractivity contribution in [3.8, 4) is 0 Å². The molecular formula is C14H30N2O. The van der Waals surface area contributed by atoms with Crippen LogP contribution < -0.4 is 5.32 Å².